The number of rotatable bonds is 6. The highest BCUT2D eigenvalue weighted by Crippen LogP contribution is 2.24. The van der Waals surface area contributed by atoms with Crippen LogP contribution in [0, 0.1) is 6.92 Å². The molecule has 0 saturated heterocycles. The first-order valence-corrected chi connectivity index (χ1v) is 11.6. The van der Waals surface area contributed by atoms with Crippen LogP contribution in [-0.2, 0) is 4.79 Å². The summed E-state index contributed by atoms with van der Waals surface area (Å²) in [5, 5.41) is 12.2. The van der Waals surface area contributed by atoms with Crippen LogP contribution < -0.4 is 5.32 Å². The van der Waals surface area contributed by atoms with Gasteiger partial charge in [0.05, 0.1) is 5.69 Å². The van der Waals surface area contributed by atoms with Crippen LogP contribution in [-0.4, -0.2) is 20.9 Å². The van der Waals surface area contributed by atoms with E-state index in [-0.39, 0.29) is 5.91 Å². The van der Waals surface area contributed by atoms with Crippen molar-refractivity contribution in [2.45, 2.75) is 26.7 Å². The summed E-state index contributed by atoms with van der Waals surface area (Å²) in [5.74, 6) is 1.59. The number of benzene rings is 3. The van der Waals surface area contributed by atoms with E-state index in [4.69, 9.17) is 4.42 Å². The topological polar surface area (TPSA) is 73.0 Å². The number of anilines is 1. The van der Waals surface area contributed by atoms with Crippen molar-refractivity contribution in [3.63, 3.8) is 0 Å². The number of carbonyl (C=O) groups excluding carboxylic acids is 1. The summed E-state index contributed by atoms with van der Waals surface area (Å²) in [6.07, 6.45) is 3.12. The largest absolute Gasteiger partial charge is 0.457 e. The van der Waals surface area contributed by atoms with Gasteiger partial charge in [-0.25, -0.2) is 0 Å². The highest BCUT2D eigenvalue weighted by atomic mass is 16.3. The Kier molecular flexibility index (Phi) is 6.02. The van der Waals surface area contributed by atoms with Gasteiger partial charge in [-0.3, -0.25) is 4.79 Å². The predicted octanol–water partition coefficient (Wildman–Crippen LogP) is 6.76. The molecule has 5 rings (SSSR count). The molecule has 0 atom stereocenters. The van der Waals surface area contributed by atoms with E-state index < -0.39 is 0 Å². The Hall–Kier alpha value is -4.45. The molecule has 0 spiro atoms. The molecule has 0 unspecified atom stereocenters. The summed E-state index contributed by atoms with van der Waals surface area (Å²) in [7, 11) is 0. The number of furan rings is 1. The molecular weight excluding hydrogens is 436 g/mol. The third-order valence-corrected chi connectivity index (χ3v) is 5.86. The molecule has 0 aliphatic heterocycles. The van der Waals surface area contributed by atoms with Crippen molar-refractivity contribution < 1.29 is 9.21 Å². The lowest BCUT2D eigenvalue weighted by molar-refractivity contribution is -0.111. The molecule has 0 bridgehead atoms. The van der Waals surface area contributed by atoms with E-state index in [2.05, 4.69) is 41.5 Å². The molecule has 174 valence electrons. The van der Waals surface area contributed by atoms with Crippen LogP contribution in [0.2, 0.25) is 0 Å². The minimum atomic E-state index is -0.248. The molecule has 0 aliphatic carbocycles. The van der Waals surface area contributed by atoms with Gasteiger partial charge in [-0.05, 0) is 66.4 Å². The molecule has 0 radical (unpaired) electrons. The maximum Gasteiger partial charge on any atom is 0.248 e. The monoisotopic (exact) mass is 462 g/mol. The molecule has 2 aromatic heterocycles. The van der Waals surface area contributed by atoms with Gasteiger partial charge in [0.1, 0.15) is 22.6 Å². The molecule has 5 aromatic rings. The Morgan fingerprint density at radius 1 is 0.943 bits per heavy atom. The van der Waals surface area contributed by atoms with E-state index in [1.807, 2.05) is 73.7 Å². The van der Waals surface area contributed by atoms with Gasteiger partial charge in [0.2, 0.25) is 5.91 Å². The number of aromatic nitrogens is 3. The van der Waals surface area contributed by atoms with E-state index >= 15 is 0 Å². The van der Waals surface area contributed by atoms with Gasteiger partial charge >= 0.3 is 0 Å². The van der Waals surface area contributed by atoms with E-state index in [9.17, 15) is 4.79 Å². The molecule has 6 nitrogen and oxygen atoms in total. The quantitative estimate of drug-likeness (QED) is 0.283. The number of nitrogens with one attached hydrogen (secondary N) is 1. The molecule has 0 fully saturated rings. The van der Waals surface area contributed by atoms with Crippen molar-refractivity contribution in [3.8, 4) is 17.0 Å². The summed E-state index contributed by atoms with van der Waals surface area (Å²) >= 11 is 0. The van der Waals surface area contributed by atoms with Gasteiger partial charge in [-0.15, -0.1) is 10.2 Å². The van der Waals surface area contributed by atoms with Crippen molar-refractivity contribution in [2.24, 2.45) is 0 Å². The molecule has 6 heteroatoms. The van der Waals surface area contributed by atoms with E-state index in [0.717, 1.165) is 28.1 Å². The third kappa shape index (κ3) is 4.92. The molecular formula is C29H26N4O2. The lowest BCUT2D eigenvalue weighted by Gasteiger charge is -2.05. The highest BCUT2D eigenvalue weighted by molar-refractivity contribution is 6.03. The second-order valence-electron chi connectivity index (χ2n) is 8.78. The normalized spacial score (nSPS) is 11.5. The van der Waals surface area contributed by atoms with Crippen molar-refractivity contribution >= 4 is 28.7 Å². The summed E-state index contributed by atoms with van der Waals surface area (Å²) in [5.41, 5.74) is 6.23. The van der Waals surface area contributed by atoms with Gasteiger partial charge in [0, 0.05) is 17.3 Å². The van der Waals surface area contributed by atoms with Crippen molar-refractivity contribution in [2.75, 3.05) is 5.32 Å². The van der Waals surface area contributed by atoms with Crippen LogP contribution in [0.4, 0.5) is 5.69 Å². The predicted molar refractivity (Wildman–Crippen MR) is 139 cm³/mol. The summed E-state index contributed by atoms with van der Waals surface area (Å²) in [4.78, 5) is 14.2. The summed E-state index contributed by atoms with van der Waals surface area (Å²) in [6.45, 7) is 6.27. The van der Waals surface area contributed by atoms with Gasteiger partial charge in [-0.2, -0.15) is 4.80 Å². The van der Waals surface area contributed by atoms with E-state index in [1.54, 1.807) is 10.9 Å². The Bertz CT molecular complexity index is 1510. The zero-order chi connectivity index (χ0) is 24.4. The first kappa shape index (κ1) is 22.3. The molecule has 0 saturated carbocycles. The number of carbonyl (C=O) groups is 1. The summed E-state index contributed by atoms with van der Waals surface area (Å²) < 4.78 is 5.83. The van der Waals surface area contributed by atoms with Crippen LogP contribution in [0.15, 0.2) is 89.4 Å². The fraction of sp³-hybridized carbons (Fsp3) is 0.138. The fourth-order valence-electron chi connectivity index (χ4n) is 3.84. The second-order valence-corrected chi connectivity index (χ2v) is 8.78. The number of hydrogen-bond donors (Lipinski definition) is 1. The zero-order valence-corrected chi connectivity index (χ0v) is 19.9. The minimum Gasteiger partial charge on any atom is -0.457 e. The first-order chi connectivity index (χ1) is 17.0. The number of fused-ring (bicyclic) bond motifs is 1. The smallest absolute Gasteiger partial charge is 0.248 e. The Morgan fingerprint density at radius 3 is 2.37 bits per heavy atom. The number of nitrogens with zero attached hydrogens (tertiary/aromatic N) is 3. The van der Waals surface area contributed by atoms with E-state index in [0.29, 0.717) is 22.9 Å². The molecule has 1 N–H and O–H groups in total. The van der Waals surface area contributed by atoms with Crippen LogP contribution >= 0.6 is 0 Å². The molecule has 1 amide bonds. The fourth-order valence-corrected chi connectivity index (χ4v) is 3.84. The Balaban J connectivity index is 1.31. The third-order valence-electron chi connectivity index (χ3n) is 5.86. The Morgan fingerprint density at radius 2 is 1.66 bits per heavy atom. The number of hydrogen-bond acceptors (Lipinski definition) is 4. The SMILES string of the molecule is Cc1cc2nn(-c3ccc(C(C)C)cc3)nc2cc1NC(=O)/C=C/c1ccc(-c2ccccc2)o1. The average molecular weight is 463 g/mol. The summed E-state index contributed by atoms with van der Waals surface area (Å²) in [6, 6.07) is 25.6. The van der Waals surface area contributed by atoms with Crippen LogP contribution in [0.1, 0.15) is 36.7 Å². The van der Waals surface area contributed by atoms with Gasteiger partial charge in [0.25, 0.3) is 0 Å². The molecule has 35 heavy (non-hydrogen) atoms. The standard InChI is InChI=1S/C29H26N4O2/c1-19(2)21-9-11-23(12-10-21)33-31-26-17-20(3)25(18-27(26)32-33)30-29(34)16-14-24-13-15-28(35-24)22-7-5-4-6-8-22/h4-19H,1-3H3,(H,30,34)/b16-14+. The molecule has 0 aliphatic rings. The van der Waals surface area contributed by atoms with Crippen molar-refractivity contribution in [3.05, 3.63) is 102 Å². The van der Waals surface area contributed by atoms with Gasteiger partial charge in [-0.1, -0.05) is 56.3 Å². The zero-order valence-electron chi connectivity index (χ0n) is 19.9. The van der Waals surface area contributed by atoms with Crippen molar-refractivity contribution in [1.82, 2.24) is 15.0 Å². The first-order valence-electron chi connectivity index (χ1n) is 11.6. The average Bonchev–Trinajstić information content (AvgIpc) is 3.51. The number of amides is 1. The molecule has 2 heterocycles. The minimum absolute atomic E-state index is 0.248. The van der Waals surface area contributed by atoms with Crippen LogP contribution in [0.5, 0.6) is 0 Å². The van der Waals surface area contributed by atoms with Crippen molar-refractivity contribution in [1.29, 1.82) is 0 Å². The maximum absolute atomic E-state index is 12.6. The van der Waals surface area contributed by atoms with Gasteiger partial charge < -0.3 is 9.73 Å². The second kappa shape index (κ2) is 9.43. The van der Waals surface area contributed by atoms with Gasteiger partial charge in [0.15, 0.2) is 0 Å². The lowest BCUT2D eigenvalue weighted by atomic mass is 10.0. The lowest BCUT2D eigenvalue weighted by Crippen LogP contribution is -2.08. The molecule has 3 aromatic carbocycles. The Labute approximate surface area is 203 Å². The van der Waals surface area contributed by atoms with Crippen LogP contribution in [0.3, 0.4) is 0 Å². The van der Waals surface area contributed by atoms with Crippen LogP contribution in [0.25, 0.3) is 34.1 Å². The number of aryl methyl sites for hydroxylation is 1. The van der Waals surface area contributed by atoms with E-state index in [1.165, 1.54) is 11.6 Å². The maximum atomic E-state index is 12.6. The highest BCUT2D eigenvalue weighted by Gasteiger charge is 2.11.